The molecule has 0 aliphatic rings. The molecule has 0 saturated carbocycles. The molecule has 132 valence electrons. The highest BCUT2D eigenvalue weighted by atomic mass is 16.5. The Morgan fingerprint density at radius 3 is 2.04 bits per heavy atom. The summed E-state index contributed by atoms with van der Waals surface area (Å²) in [6.45, 7) is 0.314. The number of benzene rings is 2. The molecule has 0 aliphatic carbocycles. The van der Waals surface area contributed by atoms with Gasteiger partial charge in [0, 0.05) is 24.2 Å². The Morgan fingerprint density at radius 1 is 0.920 bits per heavy atom. The molecule has 0 aliphatic heterocycles. The van der Waals surface area contributed by atoms with Crippen LogP contribution in [0.25, 0.3) is 0 Å². The van der Waals surface area contributed by atoms with Gasteiger partial charge in [0.1, 0.15) is 5.75 Å². The lowest BCUT2D eigenvalue weighted by atomic mass is 10.1. The van der Waals surface area contributed by atoms with Gasteiger partial charge < -0.3 is 30.7 Å². The molecule has 0 spiro atoms. The molecule has 0 aromatic heterocycles. The van der Waals surface area contributed by atoms with Gasteiger partial charge in [0.2, 0.25) is 0 Å². The minimum absolute atomic E-state index is 0.0214. The van der Waals surface area contributed by atoms with Crippen LogP contribution in [0.3, 0.4) is 0 Å². The van der Waals surface area contributed by atoms with Crippen LogP contribution >= 0.6 is 0 Å². The number of hydrogen-bond acceptors (Lipinski definition) is 6. The van der Waals surface area contributed by atoms with Crippen molar-refractivity contribution in [1.29, 1.82) is 0 Å². The summed E-state index contributed by atoms with van der Waals surface area (Å²) < 4.78 is 5.04. The number of carbonyl (C=O) groups is 2. The Balaban J connectivity index is 1.84. The normalized spacial score (nSPS) is 10.1. The predicted molar refractivity (Wildman–Crippen MR) is 89.1 cm³/mol. The standard InChI is InChI=1S/C17H18N2O6/c1-25-12-4-2-3-10(7-12)16(23)18-5-6-19-17(24)11-8-13(20)15(22)14(21)9-11/h2-4,7-9,20-22H,5-6H2,1H3,(H,18,23)(H,19,24). The van der Waals surface area contributed by atoms with Crippen LogP contribution in [0.1, 0.15) is 20.7 Å². The van der Waals surface area contributed by atoms with Crippen LogP contribution < -0.4 is 15.4 Å². The van der Waals surface area contributed by atoms with Gasteiger partial charge in [0.25, 0.3) is 11.8 Å². The maximum Gasteiger partial charge on any atom is 0.251 e. The molecule has 0 fully saturated rings. The van der Waals surface area contributed by atoms with Crippen LogP contribution in [-0.4, -0.2) is 47.3 Å². The number of aromatic hydroxyl groups is 3. The van der Waals surface area contributed by atoms with Crippen molar-refractivity contribution in [3.63, 3.8) is 0 Å². The van der Waals surface area contributed by atoms with E-state index in [4.69, 9.17) is 4.74 Å². The van der Waals surface area contributed by atoms with Gasteiger partial charge in [0.05, 0.1) is 7.11 Å². The second-order valence-corrected chi connectivity index (χ2v) is 5.11. The van der Waals surface area contributed by atoms with E-state index in [0.717, 1.165) is 12.1 Å². The number of phenolic OH excluding ortho intramolecular Hbond substituents is 3. The summed E-state index contributed by atoms with van der Waals surface area (Å²) in [5, 5.41) is 33.2. The monoisotopic (exact) mass is 346 g/mol. The van der Waals surface area contributed by atoms with Crippen molar-refractivity contribution in [3.8, 4) is 23.0 Å². The van der Waals surface area contributed by atoms with Crippen LogP contribution in [0, 0.1) is 0 Å². The Labute approximate surface area is 143 Å². The Kier molecular flexibility index (Phi) is 5.67. The summed E-state index contributed by atoms with van der Waals surface area (Å²) in [6, 6.07) is 8.70. The van der Waals surface area contributed by atoms with Gasteiger partial charge in [-0.2, -0.15) is 0 Å². The SMILES string of the molecule is COc1cccc(C(=O)NCCNC(=O)c2cc(O)c(O)c(O)c2)c1. The van der Waals surface area contributed by atoms with Gasteiger partial charge >= 0.3 is 0 Å². The van der Waals surface area contributed by atoms with Gasteiger partial charge in [-0.25, -0.2) is 0 Å². The number of phenols is 3. The van der Waals surface area contributed by atoms with Crippen molar-refractivity contribution in [2.75, 3.05) is 20.2 Å². The molecule has 0 saturated heterocycles. The van der Waals surface area contributed by atoms with Gasteiger partial charge in [0.15, 0.2) is 17.2 Å². The third-order valence-corrected chi connectivity index (χ3v) is 3.36. The average Bonchev–Trinajstić information content (AvgIpc) is 2.62. The summed E-state index contributed by atoms with van der Waals surface area (Å²) in [7, 11) is 1.51. The summed E-state index contributed by atoms with van der Waals surface area (Å²) in [6.07, 6.45) is 0. The fraction of sp³-hybridized carbons (Fsp3) is 0.176. The second-order valence-electron chi connectivity index (χ2n) is 5.11. The van der Waals surface area contributed by atoms with Gasteiger partial charge in [-0.3, -0.25) is 9.59 Å². The minimum atomic E-state index is -0.692. The van der Waals surface area contributed by atoms with Crippen LogP contribution in [0.5, 0.6) is 23.0 Å². The highest BCUT2D eigenvalue weighted by Crippen LogP contribution is 2.35. The number of methoxy groups -OCH3 is 1. The number of nitrogens with one attached hydrogen (secondary N) is 2. The fourth-order valence-corrected chi connectivity index (χ4v) is 2.06. The van der Waals surface area contributed by atoms with Crippen molar-refractivity contribution in [2.45, 2.75) is 0 Å². The molecule has 0 bridgehead atoms. The van der Waals surface area contributed by atoms with Crippen LogP contribution in [0.15, 0.2) is 36.4 Å². The van der Waals surface area contributed by atoms with E-state index in [2.05, 4.69) is 10.6 Å². The molecule has 0 radical (unpaired) electrons. The zero-order valence-corrected chi connectivity index (χ0v) is 13.4. The molecule has 0 atom stereocenters. The highest BCUT2D eigenvalue weighted by molar-refractivity contribution is 5.96. The number of carbonyl (C=O) groups excluding carboxylic acids is 2. The van der Waals surface area contributed by atoms with Crippen LogP contribution in [0.2, 0.25) is 0 Å². The largest absolute Gasteiger partial charge is 0.504 e. The molecule has 25 heavy (non-hydrogen) atoms. The molecular weight excluding hydrogens is 328 g/mol. The smallest absolute Gasteiger partial charge is 0.251 e. The van der Waals surface area contributed by atoms with E-state index in [1.165, 1.54) is 7.11 Å². The predicted octanol–water partition coefficient (Wildman–Crippen LogP) is 0.972. The summed E-state index contributed by atoms with van der Waals surface area (Å²) in [4.78, 5) is 23.9. The van der Waals surface area contributed by atoms with Crippen molar-refractivity contribution >= 4 is 11.8 Å². The van der Waals surface area contributed by atoms with Gasteiger partial charge in [-0.1, -0.05) is 6.07 Å². The summed E-state index contributed by atoms with van der Waals surface area (Å²) in [5.41, 5.74) is 0.408. The maximum absolute atomic E-state index is 12.0. The lowest BCUT2D eigenvalue weighted by Crippen LogP contribution is -2.34. The van der Waals surface area contributed by atoms with Gasteiger partial charge in [-0.05, 0) is 30.3 Å². The lowest BCUT2D eigenvalue weighted by Gasteiger charge is -2.09. The van der Waals surface area contributed by atoms with E-state index in [1.54, 1.807) is 24.3 Å². The van der Waals surface area contributed by atoms with Crippen molar-refractivity contribution in [3.05, 3.63) is 47.5 Å². The first-order valence-electron chi connectivity index (χ1n) is 7.37. The lowest BCUT2D eigenvalue weighted by molar-refractivity contribution is 0.0927. The zero-order chi connectivity index (χ0) is 18.4. The summed E-state index contributed by atoms with van der Waals surface area (Å²) in [5.74, 6) is -2.21. The molecule has 0 heterocycles. The minimum Gasteiger partial charge on any atom is -0.504 e. The molecule has 8 nitrogen and oxygen atoms in total. The van der Waals surface area contributed by atoms with E-state index >= 15 is 0 Å². The molecule has 5 N–H and O–H groups in total. The van der Waals surface area contributed by atoms with Crippen molar-refractivity contribution in [1.82, 2.24) is 10.6 Å². The Bertz CT molecular complexity index is 767. The topological polar surface area (TPSA) is 128 Å². The highest BCUT2D eigenvalue weighted by Gasteiger charge is 2.13. The number of amides is 2. The van der Waals surface area contributed by atoms with E-state index in [1.807, 2.05) is 0 Å². The Hall–Kier alpha value is -3.42. The Morgan fingerprint density at radius 2 is 1.48 bits per heavy atom. The molecular formula is C17H18N2O6. The first kappa shape index (κ1) is 17.9. The number of hydrogen-bond donors (Lipinski definition) is 5. The molecule has 0 unspecified atom stereocenters. The third kappa shape index (κ3) is 4.54. The van der Waals surface area contributed by atoms with E-state index in [0.29, 0.717) is 11.3 Å². The number of ether oxygens (including phenoxy) is 1. The maximum atomic E-state index is 12.0. The van der Waals surface area contributed by atoms with Crippen LogP contribution in [-0.2, 0) is 0 Å². The quantitative estimate of drug-likeness (QED) is 0.392. The van der Waals surface area contributed by atoms with E-state index in [-0.39, 0.29) is 24.6 Å². The fourth-order valence-electron chi connectivity index (χ4n) is 2.06. The zero-order valence-electron chi connectivity index (χ0n) is 13.4. The molecule has 8 heteroatoms. The van der Waals surface area contributed by atoms with Gasteiger partial charge in [-0.15, -0.1) is 0 Å². The molecule has 2 aromatic rings. The first-order chi connectivity index (χ1) is 11.9. The first-order valence-corrected chi connectivity index (χ1v) is 7.37. The van der Waals surface area contributed by atoms with E-state index in [9.17, 15) is 24.9 Å². The number of rotatable bonds is 6. The molecule has 2 aromatic carbocycles. The average molecular weight is 346 g/mol. The molecule has 2 amide bonds. The second kappa shape index (κ2) is 7.91. The van der Waals surface area contributed by atoms with Crippen LogP contribution in [0.4, 0.5) is 0 Å². The van der Waals surface area contributed by atoms with Crippen molar-refractivity contribution < 1.29 is 29.6 Å². The van der Waals surface area contributed by atoms with Crippen molar-refractivity contribution in [2.24, 2.45) is 0 Å². The molecule has 2 rings (SSSR count). The van der Waals surface area contributed by atoms with E-state index < -0.39 is 23.2 Å². The summed E-state index contributed by atoms with van der Waals surface area (Å²) >= 11 is 0. The third-order valence-electron chi connectivity index (χ3n) is 3.36.